The van der Waals surface area contributed by atoms with Crippen LogP contribution in [0.2, 0.25) is 0 Å². The van der Waals surface area contributed by atoms with Crippen LogP contribution in [0.3, 0.4) is 0 Å². The van der Waals surface area contributed by atoms with Crippen LogP contribution in [-0.4, -0.2) is 42.0 Å². The van der Waals surface area contributed by atoms with Gasteiger partial charge in [-0.1, -0.05) is 5.16 Å². The Morgan fingerprint density at radius 3 is 2.75 bits per heavy atom. The number of aliphatic hydroxyl groups excluding tert-OH is 1. The molecule has 1 aromatic heterocycles. The van der Waals surface area contributed by atoms with Crippen molar-refractivity contribution in [3.8, 4) is 0 Å². The van der Waals surface area contributed by atoms with Gasteiger partial charge >= 0.3 is 0 Å². The summed E-state index contributed by atoms with van der Waals surface area (Å²) in [5.41, 5.74) is 1.08. The number of aryl methyl sites for hydroxylation is 2. The lowest BCUT2D eigenvalue weighted by Gasteiger charge is -2.26. The molecular formula is C14H22N2O4. The highest BCUT2D eigenvalue weighted by Crippen LogP contribution is 2.20. The zero-order valence-electron chi connectivity index (χ0n) is 12.0. The normalized spacial score (nSPS) is 17.9. The summed E-state index contributed by atoms with van der Waals surface area (Å²) in [6.07, 6.45) is 1.95. The zero-order chi connectivity index (χ0) is 14.5. The third-order valence-electron chi connectivity index (χ3n) is 3.80. The van der Waals surface area contributed by atoms with Crippen molar-refractivity contribution in [2.75, 3.05) is 19.8 Å². The lowest BCUT2D eigenvalue weighted by atomic mass is 9.92. The van der Waals surface area contributed by atoms with Crippen molar-refractivity contribution < 1.29 is 19.2 Å². The summed E-state index contributed by atoms with van der Waals surface area (Å²) >= 11 is 0. The molecule has 1 amide bonds. The van der Waals surface area contributed by atoms with Crippen LogP contribution >= 0.6 is 0 Å². The first kappa shape index (κ1) is 15.0. The Labute approximate surface area is 118 Å². The number of aromatic nitrogens is 1. The second kappa shape index (κ2) is 6.85. The molecule has 1 unspecified atom stereocenters. The van der Waals surface area contributed by atoms with Crippen LogP contribution in [0.5, 0.6) is 0 Å². The molecule has 0 saturated carbocycles. The number of hydrogen-bond donors (Lipinski definition) is 2. The summed E-state index contributed by atoms with van der Waals surface area (Å²) in [4.78, 5) is 12.0. The highest BCUT2D eigenvalue weighted by atomic mass is 16.5. The van der Waals surface area contributed by atoms with Crippen molar-refractivity contribution in [1.29, 1.82) is 0 Å². The van der Waals surface area contributed by atoms with Crippen molar-refractivity contribution in [2.24, 2.45) is 5.92 Å². The van der Waals surface area contributed by atoms with E-state index in [2.05, 4.69) is 10.5 Å². The van der Waals surface area contributed by atoms with Gasteiger partial charge in [-0.05, 0) is 39.0 Å². The Morgan fingerprint density at radius 1 is 1.45 bits per heavy atom. The van der Waals surface area contributed by atoms with Crippen LogP contribution in [0.15, 0.2) is 4.52 Å². The number of carbonyl (C=O) groups excluding carboxylic acids is 1. The number of hydrogen-bond acceptors (Lipinski definition) is 5. The van der Waals surface area contributed by atoms with E-state index in [0.717, 1.165) is 12.8 Å². The highest BCUT2D eigenvalue weighted by Gasteiger charge is 2.22. The highest BCUT2D eigenvalue weighted by molar-refractivity contribution is 5.96. The molecule has 0 aliphatic carbocycles. The van der Waals surface area contributed by atoms with Crippen molar-refractivity contribution in [3.63, 3.8) is 0 Å². The van der Waals surface area contributed by atoms with Gasteiger partial charge in [0.15, 0.2) is 0 Å². The lowest BCUT2D eigenvalue weighted by molar-refractivity contribution is 0.00528. The van der Waals surface area contributed by atoms with E-state index in [-0.39, 0.29) is 17.9 Å². The van der Waals surface area contributed by atoms with E-state index in [4.69, 9.17) is 9.26 Å². The third-order valence-corrected chi connectivity index (χ3v) is 3.80. The Bertz CT molecular complexity index is 433. The van der Waals surface area contributed by atoms with Gasteiger partial charge in [0.1, 0.15) is 11.3 Å². The van der Waals surface area contributed by atoms with E-state index < -0.39 is 0 Å². The maximum absolute atomic E-state index is 12.0. The average Bonchev–Trinajstić information content (AvgIpc) is 2.79. The molecule has 2 heterocycles. The molecule has 112 valence electrons. The van der Waals surface area contributed by atoms with Crippen LogP contribution in [0.4, 0.5) is 0 Å². The van der Waals surface area contributed by atoms with Gasteiger partial charge in [-0.3, -0.25) is 4.79 Å². The minimum atomic E-state index is -0.385. The van der Waals surface area contributed by atoms with Crippen LogP contribution in [-0.2, 0) is 4.74 Å². The fourth-order valence-corrected chi connectivity index (χ4v) is 2.57. The molecule has 1 aromatic rings. The molecule has 1 aliphatic heterocycles. The number of ether oxygens (including phenoxy) is 1. The Hall–Kier alpha value is -1.40. The molecule has 1 saturated heterocycles. The van der Waals surface area contributed by atoms with Crippen LogP contribution < -0.4 is 5.32 Å². The monoisotopic (exact) mass is 282 g/mol. The number of nitrogens with zero attached hydrogens (tertiary/aromatic N) is 1. The molecule has 20 heavy (non-hydrogen) atoms. The maximum atomic E-state index is 12.0. The minimum absolute atomic E-state index is 0.194. The predicted molar refractivity (Wildman–Crippen MR) is 72.5 cm³/mol. The van der Waals surface area contributed by atoms with Crippen molar-refractivity contribution in [1.82, 2.24) is 10.5 Å². The van der Waals surface area contributed by atoms with Gasteiger partial charge in [0.2, 0.25) is 0 Å². The average molecular weight is 282 g/mol. The van der Waals surface area contributed by atoms with Gasteiger partial charge in [-0.15, -0.1) is 0 Å². The zero-order valence-corrected chi connectivity index (χ0v) is 12.0. The molecule has 0 radical (unpaired) electrons. The fraction of sp³-hybridized carbons (Fsp3) is 0.714. The van der Waals surface area contributed by atoms with E-state index in [1.54, 1.807) is 13.8 Å². The van der Waals surface area contributed by atoms with Gasteiger partial charge in [0.05, 0.1) is 11.8 Å². The summed E-state index contributed by atoms with van der Waals surface area (Å²) in [6.45, 7) is 5.33. The molecule has 6 nitrogen and oxygen atoms in total. The molecule has 1 aliphatic rings. The topological polar surface area (TPSA) is 84.6 Å². The molecule has 1 fully saturated rings. The number of rotatable bonds is 5. The van der Waals surface area contributed by atoms with Gasteiger partial charge in [0.25, 0.3) is 5.91 Å². The van der Waals surface area contributed by atoms with E-state index in [1.165, 1.54) is 0 Å². The van der Waals surface area contributed by atoms with Crippen LogP contribution in [0.25, 0.3) is 0 Å². The summed E-state index contributed by atoms with van der Waals surface area (Å²) in [6, 6.07) is 0. The Morgan fingerprint density at radius 2 is 2.15 bits per heavy atom. The second-order valence-corrected chi connectivity index (χ2v) is 5.26. The minimum Gasteiger partial charge on any atom is -0.393 e. The lowest BCUT2D eigenvalue weighted by Crippen LogP contribution is -2.32. The quantitative estimate of drug-likeness (QED) is 0.847. The van der Waals surface area contributed by atoms with Gasteiger partial charge in [0, 0.05) is 19.8 Å². The Balaban J connectivity index is 1.76. The first-order valence-electron chi connectivity index (χ1n) is 7.06. The first-order valence-corrected chi connectivity index (χ1v) is 7.06. The maximum Gasteiger partial charge on any atom is 0.256 e. The Kier molecular flexibility index (Phi) is 5.14. The molecule has 0 aromatic carbocycles. The van der Waals surface area contributed by atoms with E-state index in [1.807, 2.05) is 0 Å². The van der Waals surface area contributed by atoms with Crippen LogP contribution in [0, 0.1) is 19.8 Å². The molecule has 2 N–H and O–H groups in total. The standard InChI is InChI=1S/C14H22N2O4/c1-9-13(10(2)20-16-9)14(18)15-6-3-12(17)11-4-7-19-8-5-11/h11-12,17H,3-8H2,1-2H3,(H,15,18). The van der Waals surface area contributed by atoms with E-state index in [9.17, 15) is 9.90 Å². The van der Waals surface area contributed by atoms with Crippen LogP contribution in [0.1, 0.15) is 41.1 Å². The van der Waals surface area contributed by atoms with Gasteiger partial charge < -0.3 is 19.7 Å². The summed E-state index contributed by atoms with van der Waals surface area (Å²) in [5.74, 6) is 0.602. The number of carbonyl (C=O) groups is 1. The largest absolute Gasteiger partial charge is 0.393 e. The third kappa shape index (κ3) is 3.58. The molecular weight excluding hydrogens is 260 g/mol. The first-order chi connectivity index (χ1) is 9.59. The molecule has 1 atom stereocenters. The van der Waals surface area contributed by atoms with E-state index >= 15 is 0 Å². The second-order valence-electron chi connectivity index (χ2n) is 5.26. The SMILES string of the molecule is Cc1noc(C)c1C(=O)NCCC(O)C1CCOCC1. The van der Waals surface area contributed by atoms with Gasteiger partial charge in [-0.25, -0.2) is 0 Å². The summed E-state index contributed by atoms with van der Waals surface area (Å²) in [5, 5.41) is 16.7. The van der Waals surface area contributed by atoms with Crippen molar-refractivity contribution in [3.05, 3.63) is 17.0 Å². The van der Waals surface area contributed by atoms with E-state index in [0.29, 0.717) is 43.2 Å². The molecule has 2 rings (SSSR count). The van der Waals surface area contributed by atoms with Gasteiger partial charge in [-0.2, -0.15) is 0 Å². The molecule has 0 spiro atoms. The summed E-state index contributed by atoms with van der Waals surface area (Å²) in [7, 11) is 0. The molecule has 0 bridgehead atoms. The smallest absolute Gasteiger partial charge is 0.256 e. The number of nitrogens with one attached hydrogen (secondary N) is 1. The summed E-state index contributed by atoms with van der Waals surface area (Å²) < 4.78 is 10.2. The number of aliphatic hydroxyl groups is 1. The fourth-order valence-electron chi connectivity index (χ4n) is 2.57. The molecule has 6 heteroatoms. The predicted octanol–water partition coefficient (Wildman–Crippen LogP) is 1.20. The van der Waals surface area contributed by atoms with Crippen molar-refractivity contribution in [2.45, 2.75) is 39.2 Å². The number of amides is 1. The van der Waals surface area contributed by atoms with Crippen molar-refractivity contribution >= 4 is 5.91 Å².